The van der Waals surface area contributed by atoms with Crippen molar-refractivity contribution in [1.29, 1.82) is 0 Å². The molecule has 4 aromatic carbocycles. The molecule has 0 saturated heterocycles. The van der Waals surface area contributed by atoms with Crippen molar-refractivity contribution in [2.45, 2.75) is 11.0 Å². The van der Waals surface area contributed by atoms with Crippen LogP contribution in [0.3, 0.4) is 0 Å². The highest BCUT2D eigenvalue weighted by atomic mass is 35.7. The van der Waals surface area contributed by atoms with Crippen LogP contribution in [0.5, 0.6) is 0 Å². The molecule has 0 amide bonds. The van der Waals surface area contributed by atoms with Crippen molar-refractivity contribution >= 4 is 42.2 Å². The third kappa shape index (κ3) is 2.95. The van der Waals surface area contributed by atoms with E-state index in [2.05, 4.69) is 12.1 Å². The van der Waals surface area contributed by atoms with Crippen LogP contribution < -0.4 is 0 Å². The standard InChI is InChI=1S/C21H15ClO2S/c22-25(24)16-8-5-7-15(12-16)21(23)20-13-14-6-1-2-9-17(14)18-10-3-4-11-19(18)20/h1-13,21,23H. The minimum Gasteiger partial charge on any atom is -0.384 e. The van der Waals surface area contributed by atoms with Gasteiger partial charge < -0.3 is 5.11 Å². The van der Waals surface area contributed by atoms with Crippen LogP contribution in [0.25, 0.3) is 21.5 Å². The van der Waals surface area contributed by atoms with Crippen LogP contribution >= 0.6 is 10.7 Å². The summed E-state index contributed by atoms with van der Waals surface area (Å²) in [6, 6.07) is 25.2. The van der Waals surface area contributed by atoms with E-state index in [1.165, 1.54) is 0 Å². The maximum Gasteiger partial charge on any atom is 0.147 e. The Morgan fingerprint density at radius 3 is 2.24 bits per heavy atom. The highest BCUT2D eigenvalue weighted by Gasteiger charge is 2.16. The van der Waals surface area contributed by atoms with Crippen molar-refractivity contribution in [1.82, 2.24) is 0 Å². The van der Waals surface area contributed by atoms with Crippen LogP contribution in [0.15, 0.2) is 83.8 Å². The third-order valence-electron chi connectivity index (χ3n) is 4.45. The van der Waals surface area contributed by atoms with Gasteiger partial charge in [-0.1, -0.05) is 60.7 Å². The van der Waals surface area contributed by atoms with Crippen molar-refractivity contribution < 1.29 is 9.32 Å². The Kier molecular flexibility index (Phi) is 4.30. The van der Waals surface area contributed by atoms with Gasteiger partial charge in [0.05, 0.1) is 4.90 Å². The number of aliphatic hydroxyl groups is 1. The molecular formula is C21H15ClO2S. The molecule has 0 spiro atoms. The average molecular weight is 367 g/mol. The Hall–Kier alpha value is -2.20. The van der Waals surface area contributed by atoms with Crippen molar-refractivity contribution in [3.63, 3.8) is 0 Å². The molecule has 4 rings (SSSR count). The first-order valence-corrected chi connectivity index (χ1v) is 9.89. The molecule has 0 aliphatic heterocycles. The summed E-state index contributed by atoms with van der Waals surface area (Å²) in [7, 11) is 4.09. The van der Waals surface area contributed by atoms with E-state index in [1.807, 2.05) is 48.5 Å². The van der Waals surface area contributed by atoms with Crippen LogP contribution in [0.1, 0.15) is 17.2 Å². The molecule has 4 heteroatoms. The van der Waals surface area contributed by atoms with Crippen LogP contribution in [0.4, 0.5) is 0 Å². The Labute approximate surface area is 152 Å². The zero-order valence-corrected chi connectivity index (χ0v) is 14.8. The monoisotopic (exact) mass is 366 g/mol. The maximum atomic E-state index is 11.5. The zero-order valence-electron chi connectivity index (χ0n) is 13.2. The summed E-state index contributed by atoms with van der Waals surface area (Å²) in [5.74, 6) is 0. The summed E-state index contributed by atoms with van der Waals surface area (Å²) in [5, 5.41) is 15.4. The zero-order chi connectivity index (χ0) is 17.4. The molecular weight excluding hydrogens is 352 g/mol. The minimum atomic E-state index is -1.60. The summed E-state index contributed by atoms with van der Waals surface area (Å²) < 4.78 is 11.5. The van der Waals surface area contributed by atoms with E-state index in [0.717, 1.165) is 27.1 Å². The van der Waals surface area contributed by atoms with Gasteiger partial charge in [0.2, 0.25) is 0 Å². The Morgan fingerprint density at radius 1 is 0.800 bits per heavy atom. The Morgan fingerprint density at radius 2 is 1.48 bits per heavy atom. The summed E-state index contributed by atoms with van der Waals surface area (Å²) in [6.45, 7) is 0. The first kappa shape index (κ1) is 16.3. The lowest BCUT2D eigenvalue weighted by molar-refractivity contribution is 0.222. The van der Waals surface area contributed by atoms with E-state index >= 15 is 0 Å². The largest absolute Gasteiger partial charge is 0.384 e. The van der Waals surface area contributed by atoms with E-state index in [0.29, 0.717) is 10.5 Å². The van der Waals surface area contributed by atoms with Crippen molar-refractivity contribution in [2.24, 2.45) is 0 Å². The summed E-state index contributed by atoms with van der Waals surface area (Å²) in [4.78, 5) is 0.489. The fraction of sp³-hybridized carbons (Fsp3) is 0.0476. The van der Waals surface area contributed by atoms with Crippen molar-refractivity contribution in [3.05, 3.63) is 90.0 Å². The van der Waals surface area contributed by atoms with Gasteiger partial charge >= 0.3 is 0 Å². The molecule has 0 heterocycles. The van der Waals surface area contributed by atoms with E-state index in [4.69, 9.17) is 10.7 Å². The first-order valence-electron chi connectivity index (χ1n) is 7.91. The molecule has 2 unspecified atom stereocenters. The van der Waals surface area contributed by atoms with Gasteiger partial charge in [0.1, 0.15) is 16.1 Å². The second-order valence-corrected chi connectivity index (χ2v) is 7.69. The number of fused-ring (bicyclic) bond motifs is 3. The fourth-order valence-electron chi connectivity index (χ4n) is 3.27. The lowest BCUT2D eigenvalue weighted by Crippen LogP contribution is -2.02. The summed E-state index contributed by atoms with van der Waals surface area (Å²) in [5.41, 5.74) is 1.50. The van der Waals surface area contributed by atoms with Gasteiger partial charge in [0, 0.05) is 0 Å². The highest BCUT2D eigenvalue weighted by molar-refractivity contribution is 8.08. The van der Waals surface area contributed by atoms with Gasteiger partial charge in [-0.25, -0.2) is 4.21 Å². The second kappa shape index (κ2) is 6.60. The van der Waals surface area contributed by atoms with Crippen LogP contribution in [-0.2, 0) is 10.0 Å². The second-order valence-electron chi connectivity index (χ2n) is 5.93. The molecule has 25 heavy (non-hydrogen) atoms. The van der Waals surface area contributed by atoms with Gasteiger partial charge in [0.15, 0.2) is 0 Å². The molecule has 0 aliphatic carbocycles. The molecule has 2 atom stereocenters. The smallest absolute Gasteiger partial charge is 0.147 e. The normalized spacial score (nSPS) is 13.8. The molecule has 0 aliphatic rings. The number of hydrogen-bond donors (Lipinski definition) is 1. The van der Waals surface area contributed by atoms with Gasteiger partial charge in [-0.05, 0) is 61.6 Å². The minimum absolute atomic E-state index is 0.489. The van der Waals surface area contributed by atoms with Gasteiger partial charge in [-0.2, -0.15) is 0 Å². The molecule has 2 nitrogen and oxygen atoms in total. The predicted octanol–water partition coefficient (Wildman–Crippen LogP) is 5.34. The van der Waals surface area contributed by atoms with Gasteiger partial charge in [0.25, 0.3) is 0 Å². The Balaban J connectivity index is 1.96. The summed E-state index contributed by atoms with van der Waals surface area (Å²) >= 11 is 0. The van der Waals surface area contributed by atoms with E-state index in [9.17, 15) is 9.32 Å². The highest BCUT2D eigenvalue weighted by Crippen LogP contribution is 2.34. The van der Waals surface area contributed by atoms with Crippen LogP contribution in [0.2, 0.25) is 0 Å². The van der Waals surface area contributed by atoms with Gasteiger partial charge in [-0.3, -0.25) is 0 Å². The first-order chi connectivity index (χ1) is 12.1. The van der Waals surface area contributed by atoms with Crippen molar-refractivity contribution in [2.75, 3.05) is 0 Å². The molecule has 0 aromatic heterocycles. The SMILES string of the molecule is O=S(Cl)c1cccc(C(O)c2cc3ccccc3c3ccccc23)c1. The third-order valence-corrected chi connectivity index (χ3v) is 5.61. The maximum absolute atomic E-state index is 11.5. The molecule has 4 aromatic rings. The molecule has 0 radical (unpaired) electrons. The Bertz CT molecular complexity index is 1110. The summed E-state index contributed by atoms with van der Waals surface area (Å²) in [6.07, 6.45) is -0.824. The number of benzene rings is 4. The van der Waals surface area contributed by atoms with Crippen molar-refractivity contribution in [3.8, 4) is 0 Å². The quantitative estimate of drug-likeness (QED) is 0.392. The lowest BCUT2D eigenvalue weighted by atomic mass is 9.92. The number of rotatable bonds is 3. The molecule has 0 bridgehead atoms. The van der Waals surface area contributed by atoms with Gasteiger partial charge in [-0.15, -0.1) is 0 Å². The number of halogens is 1. The van der Waals surface area contributed by atoms with E-state index < -0.39 is 16.1 Å². The number of aliphatic hydroxyl groups excluding tert-OH is 1. The average Bonchev–Trinajstić information content (AvgIpc) is 2.67. The van der Waals surface area contributed by atoms with E-state index in [1.54, 1.807) is 18.2 Å². The number of hydrogen-bond acceptors (Lipinski definition) is 2. The molecule has 1 N–H and O–H groups in total. The molecule has 0 fully saturated rings. The predicted molar refractivity (Wildman–Crippen MR) is 104 cm³/mol. The fourth-order valence-corrected chi connectivity index (χ4v) is 3.98. The molecule has 0 saturated carbocycles. The topological polar surface area (TPSA) is 37.3 Å². The van der Waals surface area contributed by atoms with Crippen LogP contribution in [0, 0.1) is 0 Å². The molecule has 124 valence electrons. The van der Waals surface area contributed by atoms with E-state index in [-0.39, 0.29) is 0 Å². The van der Waals surface area contributed by atoms with Crippen LogP contribution in [-0.4, -0.2) is 9.32 Å². The lowest BCUT2D eigenvalue weighted by Gasteiger charge is -2.17.